The molecule has 0 spiro atoms. The van der Waals surface area contributed by atoms with Crippen LogP contribution in [0.1, 0.15) is 87.1 Å². The second-order valence-corrected chi connectivity index (χ2v) is 12.6. The second-order valence-electron chi connectivity index (χ2n) is 12.6. The number of rotatable bonds is 8. The summed E-state index contributed by atoms with van der Waals surface area (Å²) >= 11 is 0. The van der Waals surface area contributed by atoms with E-state index in [4.69, 9.17) is 0 Å². The van der Waals surface area contributed by atoms with Gasteiger partial charge in [0.25, 0.3) is 0 Å². The van der Waals surface area contributed by atoms with Crippen LogP contribution >= 0.6 is 0 Å². The van der Waals surface area contributed by atoms with Crippen LogP contribution in [0.25, 0.3) is 0 Å². The smallest absolute Gasteiger partial charge is 0.123 e. The zero-order chi connectivity index (χ0) is 28.2. The third kappa shape index (κ3) is 6.98. The molecule has 4 aromatic rings. The van der Waals surface area contributed by atoms with Crippen molar-refractivity contribution in [2.75, 3.05) is 0 Å². The highest BCUT2D eigenvalue weighted by Gasteiger charge is 2.31. The normalized spacial score (nSPS) is 13.8. The summed E-state index contributed by atoms with van der Waals surface area (Å²) in [5.41, 5.74) is 5.79. The van der Waals surface area contributed by atoms with Crippen LogP contribution in [0.4, 0.5) is 0 Å². The van der Waals surface area contributed by atoms with Crippen LogP contribution in [0.15, 0.2) is 103 Å². The summed E-state index contributed by atoms with van der Waals surface area (Å²) in [5, 5.41) is 23.5. The van der Waals surface area contributed by atoms with E-state index in [1.54, 1.807) is 0 Å². The van der Waals surface area contributed by atoms with Gasteiger partial charge in [0.15, 0.2) is 0 Å². The molecule has 3 heteroatoms. The lowest BCUT2D eigenvalue weighted by molar-refractivity contribution is 0.0367. The minimum Gasteiger partial charge on any atom is -0.507 e. The van der Waals surface area contributed by atoms with Gasteiger partial charge in [0.2, 0.25) is 0 Å². The largest absolute Gasteiger partial charge is 0.507 e. The molecule has 0 saturated carbocycles. The molecule has 3 nitrogen and oxygen atoms in total. The third-order valence-corrected chi connectivity index (χ3v) is 7.44. The second kappa shape index (κ2) is 11.8. The minimum absolute atomic E-state index is 0.0743. The van der Waals surface area contributed by atoms with Crippen molar-refractivity contribution in [3.05, 3.63) is 137 Å². The zero-order valence-electron chi connectivity index (χ0n) is 24.2. The molecule has 0 aliphatic carbocycles. The molecule has 0 saturated heterocycles. The first-order valence-electron chi connectivity index (χ1n) is 13.9. The van der Waals surface area contributed by atoms with E-state index >= 15 is 0 Å². The van der Waals surface area contributed by atoms with E-state index in [0.717, 1.165) is 27.8 Å². The average Bonchev–Trinajstić information content (AvgIpc) is 2.90. The maximum Gasteiger partial charge on any atom is 0.123 e. The Morgan fingerprint density at radius 3 is 1.67 bits per heavy atom. The first kappa shape index (κ1) is 28.6. The van der Waals surface area contributed by atoms with Crippen LogP contribution in [0, 0.1) is 0 Å². The summed E-state index contributed by atoms with van der Waals surface area (Å²) in [6.45, 7) is 14.2. The van der Waals surface area contributed by atoms with E-state index in [0.29, 0.717) is 18.8 Å². The molecule has 0 aliphatic heterocycles. The Labute approximate surface area is 234 Å². The molecule has 0 bridgehead atoms. The monoisotopic (exact) mass is 521 g/mol. The van der Waals surface area contributed by atoms with Gasteiger partial charge in [-0.3, -0.25) is 4.90 Å². The summed E-state index contributed by atoms with van der Waals surface area (Å²) in [4.78, 5) is 2.30. The molecule has 4 rings (SSSR count). The standard InChI is InChI=1S/C36H43NO2/c1-35(2,3)30-22-29(33(38)31(23-30)36(4,5)6)25-37(24-26-16-10-7-11-17-26)32(27-18-12-8-13-19-27)34(39)28-20-14-9-15-21-28/h7-23,32,34,38-39H,24-25H2,1-6H3/t32-,34-/m1/s1. The number of benzene rings is 4. The summed E-state index contributed by atoms with van der Waals surface area (Å²) in [5.74, 6) is 0.342. The van der Waals surface area contributed by atoms with E-state index in [-0.39, 0.29) is 16.9 Å². The summed E-state index contributed by atoms with van der Waals surface area (Å²) in [6.07, 6.45) is -0.757. The Morgan fingerprint density at radius 2 is 1.15 bits per heavy atom. The summed E-state index contributed by atoms with van der Waals surface area (Å²) in [6, 6.07) is 34.4. The van der Waals surface area contributed by atoms with Crippen molar-refractivity contribution in [1.82, 2.24) is 4.90 Å². The van der Waals surface area contributed by atoms with Crippen molar-refractivity contribution in [2.24, 2.45) is 0 Å². The van der Waals surface area contributed by atoms with Gasteiger partial charge in [-0.15, -0.1) is 0 Å². The maximum atomic E-state index is 11.9. The SMILES string of the molecule is CC(C)(C)c1cc(CN(Cc2ccccc2)[C@H](c2ccccc2)[C@H](O)c2ccccc2)c(O)c(C(C)(C)C)c1. The van der Waals surface area contributed by atoms with Crippen LogP contribution in [0.5, 0.6) is 5.75 Å². The number of aromatic hydroxyl groups is 1. The van der Waals surface area contributed by atoms with Crippen molar-refractivity contribution in [3.63, 3.8) is 0 Å². The first-order chi connectivity index (χ1) is 18.4. The highest BCUT2D eigenvalue weighted by atomic mass is 16.3. The number of aliphatic hydroxyl groups is 1. The van der Waals surface area contributed by atoms with Gasteiger partial charge in [-0.25, -0.2) is 0 Å². The number of phenols is 1. The van der Waals surface area contributed by atoms with E-state index in [1.165, 1.54) is 5.56 Å². The molecule has 0 amide bonds. The Morgan fingerprint density at radius 1 is 0.641 bits per heavy atom. The van der Waals surface area contributed by atoms with Gasteiger partial charge in [0.05, 0.1) is 12.1 Å². The molecule has 0 aromatic heterocycles. The van der Waals surface area contributed by atoms with Crippen LogP contribution in [-0.2, 0) is 23.9 Å². The lowest BCUT2D eigenvalue weighted by Gasteiger charge is -2.37. The molecule has 204 valence electrons. The topological polar surface area (TPSA) is 43.7 Å². The van der Waals surface area contributed by atoms with Gasteiger partial charge >= 0.3 is 0 Å². The van der Waals surface area contributed by atoms with Crippen molar-refractivity contribution >= 4 is 0 Å². The lowest BCUT2D eigenvalue weighted by atomic mass is 9.78. The molecule has 2 N–H and O–H groups in total. The Hall–Kier alpha value is -3.40. The van der Waals surface area contributed by atoms with Gasteiger partial charge in [0.1, 0.15) is 5.75 Å². The van der Waals surface area contributed by atoms with Crippen LogP contribution in [0.3, 0.4) is 0 Å². The highest BCUT2D eigenvalue weighted by Crippen LogP contribution is 2.41. The van der Waals surface area contributed by atoms with Crippen LogP contribution in [-0.4, -0.2) is 15.1 Å². The fraction of sp³-hybridized carbons (Fsp3) is 0.333. The van der Waals surface area contributed by atoms with Gasteiger partial charge in [-0.2, -0.15) is 0 Å². The van der Waals surface area contributed by atoms with Gasteiger partial charge in [0, 0.05) is 18.7 Å². The Kier molecular flexibility index (Phi) is 8.64. The van der Waals surface area contributed by atoms with Gasteiger partial charge in [-0.1, -0.05) is 145 Å². The Bertz CT molecular complexity index is 1340. The van der Waals surface area contributed by atoms with Crippen LogP contribution < -0.4 is 0 Å². The van der Waals surface area contributed by atoms with Gasteiger partial charge < -0.3 is 10.2 Å². The fourth-order valence-corrected chi connectivity index (χ4v) is 5.18. The number of phenolic OH excluding ortho intramolecular Hbond substituents is 1. The van der Waals surface area contributed by atoms with E-state index in [9.17, 15) is 10.2 Å². The van der Waals surface area contributed by atoms with Gasteiger partial charge in [-0.05, 0) is 38.6 Å². The van der Waals surface area contributed by atoms with Crippen molar-refractivity contribution in [1.29, 1.82) is 0 Å². The zero-order valence-corrected chi connectivity index (χ0v) is 24.2. The van der Waals surface area contributed by atoms with Crippen molar-refractivity contribution in [3.8, 4) is 5.75 Å². The molecule has 0 heterocycles. The molecule has 0 fully saturated rings. The molecular formula is C36H43NO2. The predicted molar refractivity (Wildman–Crippen MR) is 162 cm³/mol. The predicted octanol–water partition coefficient (Wildman–Crippen LogP) is 8.46. The van der Waals surface area contributed by atoms with E-state index < -0.39 is 6.10 Å². The highest BCUT2D eigenvalue weighted by molar-refractivity contribution is 5.49. The average molecular weight is 522 g/mol. The molecule has 4 aromatic carbocycles. The molecule has 39 heavy (non-hydrogen) atoms. The van der Waals surface area contributed by atoms with Crippen molar-refractivity contribution in [2.45, 2.75) is 77.6 Å². The number of hydrogen-bond donors (Lipinski definition) is 2. The minimum atomic E-state index is -0.757. The number of nitrogens with zero attached hydrogens (tertiary/aromatic N) is 1. The summed E-state index contributed by atoms with van der Waals surface area (Å²) in [7, 11) is 0. The maximum absolute atomic E-state index is 11.9. The molecule has 0 radical (unpaired) electrons. The molecule has 0 aliphatic rings. The number of aliphatic hydroxyl groups excluding tert-OH is 1. The molecule has 0 unspecified atom stereocenters. The molecule has 2 atom stereocenters. The fourth-order valence-electron chi connectivity index (χ4n) is 5.18. The van der Waals surface area contributed by atoms with Crippen molar-refractivity contribution < 1.29 is 10.2 Å². The van der Waals surface area contributed by atoms with Crippen LogP contribution in [0.2, 0.25) is 0 Å². The van der Waals surface area contributed by atoms with E-state index in [2.05, 4.69) is 82.8 Å². The first-order valence-corrected chi connectivity index (χ1v) is 13.9. The lowest BCUT2D eigenvalue weighted by Crippen LogP contribution is -2.33. The Balaban J connectivity index is 1.88. The van der Waals surface area contributed by atoms with E-state index in [1.807, 2.05) is 66.7 Å². The molecular weight excluding hydrogens is 478 g/mol. The number of hydrogen-bond acceptors (Lipinski definition) is 3. The summed E-state index contributed by atoms with van der Waals surface area (Å²) < 4.78 is 0. The third-order valence-electron chi connectivity index (χ3n) is 7.44. The quantitative estimate of drug-likeness (QED) is 0.244.